The molecule has 2 rings (SSSR count). The van der Waals surface area contributed by atoms with E-state index in [2.05, 4.69) is 17.6 Å². The van der Waals surface area contributed by atoms with E-state index in [1.807, 2.05) is 25.1 Å². The molecule has 0 spiro atoms. The minimum Gasteiger partial charge on any atom is -0.326 e. The highest BCUT2D eigenvalue weighted by Crippen LogP contribution is 2.31. The van der Waals surface area contributed by atoms with Crippen LogP contribution in [0.15, 0.2) is 18.2 Å². The number of amides is 2. The molecule has 1 aliphatic carbocycles. The molecule has 0 bridgehead atoms. The summed E-state index contributed by atoms with van der Waals surface area (Å²) in [6.07, 6.45) is 5.61. The Morgan fingerprint density at radius 1 is 1.14 bits per heavy atom. The largest absolute Gasteiger partial charge is 0.326 e. The summed E-state index contributed by atoms with van der Waals surface area (Å²) in [6.45, 7) is 4.04. The SMILES string of the molecule is CCCCCC(=O)Nc1cccc(NC(=O)C2CC2)c1C. The van der Waals surface area contributed by atoms with Crippen LogP contribution in [0.3, 0.4) is 0 Å². The Labute approximate surface area is 126 Å². The summed E-state index contributed by atoms with van der Waals surface area (Å²) < 4.78 is 0. The molecular formula is C17H24N2O2. The van der Waals surface area contributed by atoms with E-state index in [-0.39, 0.29) is 17.7 Å². The molecule has 2 amide bonds. The maximum absolute atomic E-state index is 11.9. The van der Waals surface area contributed by atoms with E-state index in [1.54, 1.807) is 0 Å². The number of rotatable bonds is 7. The van der Waals surface area contributed by atoms with E-state index in [9.17, 15) is 9.59 Å². The third-order valence-corrected chi connectivity index (χ3v) is 3.82. The number of benzene rings is 1. The first-order chi connectivity index (χ1) is 10.1. The smallest absolute Gasteiger partial charge is 0.227 e. The molecular weight excluding hydrogens is 264 g/mol. The fraction of sp³-hybridized carbons (Fsp3) is 0.529. The Morgan fingerprint density at radius 3 is 2.43 bits per heavy atom. The van der Waals surface area contributed by atoms with E-state index in [0.717, 1.165) is 49.0 Å². The van der Waals surface area contributed by atoms with Gasteiger partial charge in [-0.1, -0.05) is 25.8 Å². The van der Waals surface area contributed by atoms with Crippen LogP contribution in [0.25, 0.3) is 0 Å². The second kappa shape index (κ2) is 7.25. The maximum atomic E-state index is 11.9. The van der Waals surface area contributed by atoms with Crippen molar-refractivity contribution in [2.24, 2.45) is 5.92 Å². The molecule has 0 atom stereocenters. The number of unbranched alkanes of at least 4 members (excludes halogenated alkanes) is 2. The van der Waals surface area contributed by atoms with Gasteiger partial charge < -0.3 is 10.6 Å². The van der Waals surface area contributed by atoms with Crippen LogP contribution in [0.4, 0.5) is 11.4 Å². The van der Waals surface area contributed by atoms with Crippen LogP contribution in [-0.4, -0.2) is 11.8 Å². The monoisotopic (exact) mass is 288 g/mol. The van der Waals surface area contributed by atoms with Crippen molar-refractivity contribution in [2.45, 2.75) is 52.4 Å². The normalized spacial score (nSPS) is 13.8. The minimum atomic E-state index is 0.0391. The average Bonchev–Trinajstić information content (AvgIpc) is 3.28. The molecule has 1 fully saturated rings. The van der Waals surface area contributed by atoms with Crippen molar-refractivity contribution in [2.75, 3.05) is 10.6 Å². The van der Waals surface area contributed by atoms with Gasteiger partial charge in [-0.25, -0.2) is 0 Å². The Bertz CT molecular complexity index is 522. The van der Waals surface area contributed by atoms with Gasteiger partial charge in [0.15, 0.2) is 0 Å². The molecule has 114 valence electrons. The topological polar surface area (TPSA) is 58.2 Å². The summed E-state index contributed by atoms with van der Waals surface area (Å²) >= 11 is 0. The fourth-order valence-electron chi connectivity index (χ4n) is 2.24. The summed E-state index contributed by atoms with van der Waals surface area (Å²) in [6, 6.07) is 5.61. The Hall–Kier alpha value is -1.84. The summed E-state index contributed by atoms with van der Waals surface area (Å²) in [5, 5.41) is 5.89. The Kier molecular flexibility index (Phi) is 5.37. The lowest BCUT2D eigenvalue weighted by atomic mass is 10.1. The summed E-state index contributed by atoms with van der Waals surface area (Å²) in [5.74, 6) is 0.304. The Morgan fingerprint density at radius 2 is 1.81 bits per heavy atom. The van der Waals surface area contributed by atoms with Gasteiger partial charge in [0.05, 0.1) is 0 Å². The van der Waals surface area contributed by atoms with Crippen LogP contribution < -0.4 is 10.6 Å². The number of nitrogens with one attached hydrogen (secondary N) is 2. The lowest BCUT2D eigenvalue weighted by Gasteiger charge is -2.13. The van der Waals surface area contributed by atoms with E-state index in [4.69, 9.17) is 0 Å². The second-order valence-electron chi connectivity index (χ2n) is 5.75. The van der Waals surface area contributed by atoms with Crippen molar-refractivity contribution in [1.29, 1.82) is 0 Å². The zero-order valence-corrected chi connectivity index (χ0v) is 12.9. The molecule has 1 aliphatic rings. The van der Waals surface area contributed by atoms with Crippen molar-refractivity contribution in [3.8, 4) is 0 Å². The molecule has 4 heteroatoms. The van der Waals surface area contributed by atoms with Crippen molar-refractivity contribution in [3.05, 3.63) is 23.8 Å². The quantitative estimate of drug-likeness (QED) is 0.748. The van der Waals surface area contributed by atoms with E-state index >= 15 is 0 Å². The van der Waals surface area contributed by atoms with Crippen LogP contribution in [0, 0.1) is 12.8 Å². The molecule has 0 radical (unpaired) electrons. The first kappa shape index (κ1) is 15.5. The molecule has 1 aromatic rings. The van der Waals surface area contributed by atoms with Crippen LogP contribution in [0.5, 0.6) is 0 Å². The number of hydrogen-bond acceptors (Lipinski definition) is 2. The zero-order valence-electron chi connectivity index (χ0n) is 12.9. The van der Waals surface area contributed by atoms with Gasteiger partial charge in [0.25, 0.3) is 0 Å². The molecule has 1 aromatic carbocycles. The highest BCUT2D eigenvalue weighted by atomic mass is 16.2. The fourth-order valence-corrected chi connectivity index (χ4v) is 2.24. The molecule has 0 aromatic heterocycles. The maximum Gasteiger partial charge on any atom is 0.227 e. The minimum absolute atomic E-state index is 0.0391. The van der Waals surface area contributed by atoms with Gasteiger partial charge in [-0.2, -0.15) is 0 Å². The number of anilines is 2. The van der Waals surface area contributed by atoms with Crippen LogP contribution in [-0.2, 0) is 9.59 Å². The summed E-state index contributed by atoms with van der Waals surface area (Å²) in [4.78, 5) is 23.7. The molecule has 0 aliphatic heterocycles. The molecule has 0 heterocycles. The molecule has 0 unspecified atom stereocenters. The van der Waals surface area contributed by atoms with Gasteiger partial charge in [-0.3, -0.25) is 9.59 Å². The van der Waals surface area contributed by atoms with Crippen LogP contribution in [0.1, 0.15) is 51.0 Å². The van der Waals surface area contributed by atoms with Crippen molar-refractivity contribution < 1.29 is 9.59 Å². The van der Waals surface area contributed by atoms with Gasteiger partial charge in [-0.05, 0) is 43.9 Å². The van der Waals surface area contributed by atoms with Gasteiger partial charge in [0, 0.05) is 23.7 Å². The molecule has 4 nitrogen and oxygen atoms in total. The lowest BCUT2D eigenvalue weighted by Crippen LogP contribution is -2.16. The molecule has 1 saturated carbocycles. The zero-order chi connectivity index (χ0) is 15.2. The van der Waals surface area contributed by atoms with E-state index < -0.39 is 0 Å². The third kappa shape index (κ3) is 4.59. The number of carbonyl (C=O) groups excluding carboxylic acids is 2. The van der Waals surface area contributed by atoms with Gasteiger partial charge in [-0.15, -0.1) is 0 Å². The second-order valence-corrected chi connectivity index (χ2v) is 5.75. The van der Waals surface area contributed by atoms with Crippen LogP contribution in [0.2, 0.25) is 0 Å². The predicted molar refractivity (Wildman–Crippen MR) is 85.3 cm³/mol. The van der Waals surface area contributed by atoms with Gasteiger partial charge >= 0.3 is 0 Å². The molecule has 0 saturated heterocycles. The van der Waals surface area contributed by atoms with Gasteiger partial charge in [0.2, 0.25) is 11.8 Å². The summed E-state index contributed by atoms with van der Waals surface area (Å²) in [7, 11) is 0. The summed E-state index contributed by atoms with van der Waals surface area (Å²) in [5.41, 5.74) is 2.48. The Balaban J connectivity index is 1.96. The molecule has 2 N–H and O–H groups in total. The highest BCUT2D eigenvalue weighted by Gasteiger charge is 2.29. The van der Waals surface area contributed by atoms with Gasteiger partial charge in [0.1, 0.15) is 0 Å². The average molecular weight is 288 g/mol. The molecule has 21 heavy (non-hydrogen) atoms. The van der Waals surface area contributed by atoms with E-state index in [0.29, 0.717) is 6.42 Å². The number of carbonyl (C=O) groups is 2. The first-order valence-electron chi connectivity index (χ1n) is 7.82. The lowest BCUT2D eigenvalue weighted by molar-refractivity contribution is -0.117. The third-order valence-electron chi connectivity index (χ3n) is 3.82. The highest BCUT2D eigenvalue weighted by molar-refractivity contribution is 5.97. The van der Waals surface area contributed by atoms with Crippen LogP contribution >= 0.6 is 0 Å². The number of hydrogen-bond donors (Lipinski definition) is 2. The van der Waals surface area contributed by atoms with Crippen molar-refractivity contribution in [1.82, 2.24) is 0 Å². The standard InChI is InChI=1S/C17H24N2O2/c1-3-4-5-9-16(20)18-14-7-6-8-15(12(14)2)19-17(21)13-10-11-13/h6-8,13H,3-5,9-11H2,1-2H3,(H,18,20)(H,19,21). The van der Waals surface area contributed by atoms with Crippen molar-refractivity contribution >= 4 is 23.2 Å². The predicted octanol–water partition coefficient (Wildman–Crippen LogP) is 3.86. The van der Waals surface area contributed by atoms with E-state index in [1.165, 1.54) is 0 Å². The first-order valence-corrected chi connectivity index (χ1v) is 7.82. The van der Waals surface area contributed by atoms with Crippen molar-refractivity contribution in [3.63, 3.8) is 0 Å².